The third kappa shape index (κ3) is 4.49. The van der Waals surface area contributed by atoms with Crippen LogP contribution in [0.25, 0.3) is 0 Å². The fourth-order valence-corrected chi connectivity index (χ4v) is 2.61. The second-order valence-corrected chi connectivity index (χ2v) is 5.20. The van der Waals surface area contributed by atoms with E-state index in [0.29, 0.717) is 10.9 Å². The number of nitrogen functional groups attached to an aromatic ring is 1. The Kier molecular flexibility index (Phi) is 5.06. The van der Waals surface area contributed by atoms with Crippen molar-refractivity contribution in [2.24, 2.45) is 0 Å². The number of urea groups is 1. The highest BCUT2D eigenvalue weighted by Crippen LogP contribution is 2.26. The number of nitrogens with two attached hydrogens (primary N) is 1. The summed E-state index contributed by atoms with van der Waals surface area (Å²) in [4.78, 5) is 25.9. The van der Waals surface area contributed by atoms with Gasteiger partial charge in [0.15, 0.2) is 5.13 Å². The second kappa shape index (κ2) is 6.33. The van der Waals surface area contributed by atoms with Gasteiger partial charge in [-0.25, -0.2) is 9.78 Å². The van der Waals surface area contributed by atoms with Crippen LogP contribution in [0, 0.1) is 0 Å². The Hall–Kier alpha value is -1.28. The van der Waals surface area contributed by atoms with Gasteiger partial charge in [0.2, 0.25) is 5.91 Å². The minimum atomic E-state index is -0.489. The molecule has 0 unspecified atom stereocenters. The van der Waals surface area contributed by atoms with Crippen LogP contribution in [-0.4, -0.2) is 29.7 Å². The van der Waals surface area contributed by atoms with Gasteiger partial charge in [-0.15, -0.1) is 11.8 Å². The fourth-order valence-electron chi connectivity index (χ4n) is 0.835. The largest absolute Gasteiger partial charge is 0.375 e. The van der Waals surface area contributed by atoms with E-state index in [1.54, 1.807) is 6.20 Å². The number of carbonyl (C=O) groups is 2. The third-order valence-electron chi connectivity index (χ3n) is 1.56. The van der Waals surface area contributed by atoms with Gasteiger partial charge in [-0.2, -0.15) is 0 Å². The zero-order valence-electron chi connectivity index (χ0n) is 8.65. The maximum atomic E-state index is 11.2. The van der Waals surface area contributed by atoms with Crippen molar-refractivity contribution in [3.8, 4) is 0 Å². The molecule has 0 aliphatic rings. The summed E-state index contributed by atoms with van der Waals surface area (Å²) in [5.41, 5.74) is 5.46. The lowest BCUT2D eigenvalue weighted by atomic mass is 10.4. The van der Waals surface area contributed by atoms with Crippen molar-refractivity contribution >= 4 is 40.2 Å². The molecule has 0 spiro atoms. The molecule has 0 aliphatic heterocycles. The number of anilines is 1. The minimum Gasteiger partial charge on any atom is -0.375 e. The van der Waals surface area contributed by atoms with Crippen LogP contribution < -0.4 is 16.4 Å². The van der Waals surface area contributed by atoms with Gasteiger partial charge in [-0.3, -0.25) is 10.1 Å². The SMILES string of the molecule is CNC(=O)NC(=O)CCSc1cnc(N)s1. The van der Waals surface area contributed by atoms with E-state index in [4.69, 9.17) is 5.73 Å². The summed E-state index contributed by atoms with van der Waals surface area (Å²) < 4.78 is 0.963. The van der Waals surface area contributed by atoms with E-state index in [0.717, 1.165) is 4.21 Å². The molecule has 0 saturated carbocycles. The molecule has 0 bridgehead atoms. The number of thiazole rings is 1. The Bertz CT molecular complexity index is 380. The van der Waals surface area contributed by atoms with Crippen LogP contribution in [0.1, 0.15) is 6.42 Å². The standard InChI is InChI=1S/C8H12N4O2S2/c1-10-8(14)12-5(13)2-3-15-6-4-11-7(9)16-6/h4H,2-3H2,1H3,(H2,9,11)(H2,10,12,13,14). The van der Waals surface area contributed by atoms with Crippen molar-refractivity contribution in [1.29, 1.82) is 0 Å². The first-order valence-corrected chi connectivity index (χ1v) is 6.27. The van der Waals surface area contributed by atoms with E-state index in [1.165, 1.54) is 30.1 Å². The highest BCUT2D eigenvalue weighted by molar-refractivity contribution is 8.01. The first-order valence-electron chi connectivity index (χ1n) is 4.47. The van der Waals surface area contributed by atoms with E-state index >= 15 is 0 Å². The number of aromatic nitrogens is 1. The average Bonchev–Trinajstić information content (AvgIpc) is 2.64. The molecule has 1 heterocycles. The number of imide groups is 1. The molecule has 1 rings (SSSR count). The fraction of sp³-hybridized carbons (Fsp3) is 0.375. The maximum Gasteiger partial charge on any atom is 0.321 e. The number of carbonyl (C=O) groups excluding carboxylic acids is 2. The first kappa shape index (κ1) is 12.8. The molecule has 0 aliphatic carbocycles. The van der Waals surface area contributed by atoms with Gasteiger partial charge >= 0.3 is 6.03 Å². The monoisotopic (exact) mass is 260 g/mol. The van der Waals surface area contributed by atoms with Crippen LogP contribution in [-0.2, 0) is 4.79 Å². The number of rotatable bonds is 4. The van der Waals surface area contributed by atoms with Crippen molar-refractivity contribution in [2.75, 3.05) is 18.5 Å². The minimum absolute atomic E-state index is 0.274. The third-order valence-corrected chi connectivity index (χ3v) is 3.58. The summed E-state index contributed by atoms with van der Waals surface area (Å²) in [6.45, 7) is 0. The summed E-state index contributed by atoms with van der Waals surface area (Å²) >= 11 is 2.86. The lowest BCUT2D eigenvalue weighted by Gasteiger charge is -2.01. The molecule has 4 N–H and O–H groups in total. The summed E-state index contributed by atoms with van der Waals surface area (Å²) in [5, 5.41) is 5.00. The molecule has 1 aromatic rings. The van der Waals surface area contributed by atoms with Crippen molar-refractivity contribution in [3.63, 3.8) is 0 Å². The van der Waals surface area contributed by atoms with Gasteiger partial charge in [-0.1, -0.05) is 11.3 Å². The molecule has 8 heteroatoms. The maximum absolute atomic E-state index is 11.2. The zero-order chi connectivity index (χ0) is 12.0. The van der Waals surface area contributed by atoms with Crippen molar-refractivity contribution < 1.29 is 9.59 Å². The number of amides is 3. The first-order chi connectivity index (χ1) is 7.61. The van der Waals surface area contributed by atoms with Gasteiger partial charge in [0.05, 0.1) is 10.4 Å². The summed E-state index contributed by atoms with van der Waals surface area (Å²) in [5.74, 6) is 0.286. The van der Waals surface area contributed by atoms with Crippen LogP contribution in [0.15, 0.2) is 10.4 Å². The number of hydrogen-bond donors (Lipinski definition) is 3. The summed E-state index contributed by atoms with van der Waals surface area (Å²) in [7, 11) is 1.46. The van der Waals surface area contributed by atoms with E-state index in [2.05, 4.69) is 15.6 Å². The van der Waals surface area contributed by atoms with E-state index in [-0.39, 0.29) is 12.3 Å². The molecule has 0 fully saturated rings. The van der Waals surface area contributed by atoms with Crippen LogP contribution >= 0.6 is 23.1 Å². The molecule has 3 amide bonds. The Labute approximate surface area is 101 Å². The molecule has 0 atom stereocenters. The van der Waals surface area contributed by atoms with Gasteiger partial charge < -0.3 is 11.1 Å². The predicted octanol–water partition coefficient (Wildman–Crippen LogP) is 0.663. The van der Waals surface area contributed by atoms with Crippen molar-refractivity contribution in [1.82, 2.24) is 15.6 Å². The average molecular weight is 260 g/mol. The molecule has 0 saturated heterocycles. The molecular formula is C8H12N4O2S2. The van der Waals surface area contributed by atoms with Gasteiger partial charge in [0.1, 0.15) is 0 Å². The summed E-state index contributed by atoms with van der Waals surface area (Å²) in [6, 6.07) is -0.489. The highest BCUT2D eigenvalue weighted by atomic mass is 32.2. The lowest BCUT2D eigenvalue weighted by molar-refractivity contribution is -0.119. The Morgan fingerprint density at radius 2 is 2.38 bits per heavy atom. The number of nitrogens with zero attached hydrogens (tertiary/aromatic N) is 1. The van der Waals surface area contributed by atoms with Crippen LogP contribution in [0.2, 0.25) is 0 Å². The Morgan fingerprint density at radius 3 is 2.94 bits per heavy atom. The normalized spacial score (nSPS) is 9.81. The van der Waals surface area contributed by atoms with Crippen LogP contribution in [0.3, 0.4) is 0 Å². The molecule has 16 heavy (non-hydrogen) atoms. The Morgan fingerprint density at radius 1 is 1.62 bits per heavy atom. The van der Waals surface area contributed by atoms with Crippen molar-refractivity contribution in [3.05, 3.63) is 6.20 Å². The lowest BCUT2D eigenvalue weighted by Crippen LogP contribution is -2.37. The van der Waals surface area contributed by atoms with Crippen LogP contribution in [0.4, 0.5) is 9.93 Å². The highest BCUT2D eigenvalue weighted by Gasteiger charge is 2.06. The van der Waals surface area contributed by atoms with Crippen molar-refractivity contribution in [2.45, 2.75) is 10.6 Å². The predicted molar refractivity (Wildman–Crippen MR) is 64.5 cm³/mol. The van der Waals surface area contributed by atoms with Gasteiger partial charge in [0.25, 0.3) is 0 Å². The molecule has 6 nitrogen and oxygen atoms in total. The quantitative estimate of drug-likeness (QED) is 0.691. The van der Waals surface area contributed by atoms with E-state index in [9.17, 15) is 9.59 Å². The van der Waals surface area contributed by atoms with Crippen LogP contribution in [0.5, 0.6) is 0 Å². The smallest absolute Gasteiger partial charge is 0.321 e. The molecule has 88 valence electrons. The zero-order valence-corrected chi connectivity index (χ0v) is 10.3. The molecule has 0 radical (unpaired) electrons. The number of nitrogens with one attached hydrogen (secondary N) is 2. The van der Waals surface area contributed by atoms with E-state index in [1.807, 2.05) is 0 Å². The van der Waals surface area contributed by atoms with Gasteiger partial charge in [0, 0.05) is 19.2 Å². The second-order valence-electron chi connectivity index (χ2n) is 2.74. The van der Waals surface area contributed by atoms with E-state index < -0.39 is 6.03 Å². The van der Waals surface area contributed by atoms with Gasteiger partial charge in [-0.05, 0) is 0 Å². The molecule has 1 aromatic heterocycles. The number of hydrogen-bond acceptors (Lipinski definition) is 6. The Balaban J connectivity index is 2.20. The number of thioether (sulfide) groups is 1. The molecular weight excluding hydrogens is 248 g/mol. The topological polar surface area (TPSA) is 97.1 Å². The molecule has 0 aromatic carbocycles. The summed E-state index contributed by atoms with van der Waals surface area (Å²) in [6.07, 6.45) is 1.94.